The van der Waals surface area contributed by atoms with E-state index in [9.17, 15) is 13.2 Å². The van der Waals surface area contributed by atoms with Crippen LogP contribution in [0.3, 0.4) is 0 Å². The molecule has 2 fully saturated rings. The first-order chi connectivity index (χ1) is 8.01. The minimum absolute atomic E-state index is 0.119. The Bertz CT molecular complexity index is 389. The van der Waals surface area contributed by atoms with Gasteiger partial charge in [-0.05, 0) is 19.3 Å². The Morgan fingerprint density at radius 1 is 1.06 bits per heavy atom. The second-order valence-electron chi connectivity index (χ2n) is 4.65. The van der Waals surface area contributed by atoms with Crippen molar-refractivity contribution >= 4 is 16.2 Å². The van der Waals surface area contributed by atoms with Crippen molar-refractivity contribution in [1.82, 2.24) is 8.61 Å². The Balaban J connectivity index is 2.03. The third-order valence-corrected chi connectivity index (χ3v) is 5.47. The lowest BCUT2D eigenvalue weighted by molar-refractivity contribution is -0.141. The Kier molecular flexibility index (Phi) is 3.70. The van der Waals surface area contributed by atoms with E-state index in [1.54, 1.807) is 0 Å². The van der Waals surface area contributed by atoms with E-state index < -0.39 is 22.1 Å². The van der Waals surface area contributed by atoms with E-state index in [0.717, 1.165) is 19.3 Å². The van der Waals surface area contributed by atoms with Crippen LogP contribution in [-0.4, -0.2) is 54.3 Å². The SMILES string of the molecule is O=C(O)[C@H]1CCN(S(=O)(=O)N2CCCCC2)C1. The summed E-state index contributed by atoms with van der Waals surface area (Å²) in [7, 11) is -3.42. The lowest BCUT2D eigenvalue weighted by Crippen LogP contribution is -2.45. The number of carboxylic acid groups (broad SMARTS) is 1. The predicted octanol–water partition coefficient (Wildman–Crippen LogP) is 0.124. The zero-order valence-corrected chi connectivity index (χ0v) is 10.5. The molecule has 6 nitrogen and oxygen atoms in total. The van der Waals surface area contributed by atoms with E-state index in [0.29, 0.717) is 26.1 Å². The molecule has 0 aromatic heterocycles. The largest absolute Gasteiger partial charge is 0.481 e. The molecule has 2 aliphatic heterocycles. The van der Waals surface area contributed by atoms with Crippen LogP contribution in [-0.2, 0) is 15.0 Å². The lowest BCUT2D eigenvalue weighted by Gasteiger charge is -2.29. The molecule has 0 aliphatic carbocycles. The number of carboxylic acids is 1. The van der Waals surface area contributed by atoms with Crippen LogP contribution in [0.15, 0.2) is 0 Å². The minimum atomic E-state index is -3.42. The van der Waals surface area contributed by atoms with Crippen LogP contribution in [0.2, 0.25) is 0 Å². The lowest BCUT2D eigenvalue weighted by atomic mass is 10.1. The number of rotatable bonds is 3. The van der Waals surface area contributed by atoms with E-state index in [-0.39, 0.29) is 6.54 Å². The summed E-state index contributed by atoms with van der Waals surface area (Å²) in [5, 5.41) is 8.87. The molecule has 2 rings (SSSR count). The molecular weight excluding hydrogens is 244 g/mol. The highest BCUT2D eigenvalue weighted by atomic mass is 32.2. The summed E-state index contributed by atoms with van der Waals surface area (Å²) in [6.45, 7) is 1.58. The third-order valence-electron chi connectivity index (χ3n) is 3.47. The van der Waals surface area contributed by atoms with Crippen molar-refractivity contribution in [2.75, 3.05) is 26.2 Å². The van der Waals surface area contributed by atoms with Crippen molar-refractivity contribution < 1.29 is 18.3 Å². The Hall–Kier alpha value is -0.660. The normalized spacial score (nSPS) is 28.4. The average Bonchev–Trinajstić information content (AvgIpc) is 2.80. The molecule has 0 saturated carbocycles. The van der Waals surface area contributed by atoms with Gasteiger partial charge in [0.15, 0.2) is 0 Å². The zero-order chi connectivity index (χ0) is 12.5. The molecule has 2 aliphatic rings. The number of hydrogen-bond acceptors (Lipinski definition) is 3. The number of carbonyl (C=O) groups is 1. The summed E-state index contributed by atoms with van der Waals surface area (Å²) in [5.41, 5.74) is 0. The Morgan fingerprint density at radius 2 is 1.71 bits per heavy atom. The van der Waals surface area contributed by atoms with Crippen LogP contribution in [0.1, 0.15) is 25.7 Å². The molecule has 1 N–H and O–H groups in total. The van der Waals surface area contributed by atoms with E-state index in [2.05, 4.69) is 0 Å². The molecule has 17 heavy (non-hydrogen) atoms. The molecule has 0 unspecified atom stereocenters. The second kappa shape index (κ2) is 4.91. The zero-order valence-electron chi connectivity index (χ0n) is 9.71. The number of aliphatic carboxylic acids is 1. The van der Waals surface area contributed by atoms with Crippen molar-refractivity contribution in [2.24, 2.45) is 5.92 Å². The quantitative estimate of drug-likeness (QED) is 0.784. The van der Waals surface area contributed by atoms with E-state index >= 15 is 0 Å². The van der Waals surface area contributed by atoms with Gasteiger partial charge in [-0.2, -0.15) is 17.0 Å². The molecule has 0 amide bonds. The fourth-order valence-electron chi connectivity index (χ4n) is 2.40. The maximum atomic E-state index is 12.2. The average molecular weight is 262 g/mol. The van der Waals surface area contributed by atoms with E-state index in [4.69, 9.17) is 5.11 Å². The first kappa shape index (κ1) is 12.8. The summed E-state index contributed by atoms with van der Waals surface area (Å²) >= 11 is 0. The monoisotopic (exact) mass is 262 g/mol. The van der Waals surface area contributed by atoms with Gasteiger partial charge in [0.05, 0.1) is 5.92 Å². The summed E-state index contributed by atoms with van der Waals surface area (Å²) in [6, 6.07) is 0. The standard InChI is InChI=1S/C10H18N2O4S/c13-10(14)9-4-7-12(8-9)17(15,16)11-5-2-1-3-6-11/h9H,1-8H2,(H,13,14)/t9-/m0/s1. The van der Waals surface area contributed by atoms with Crippen molar-refractivity contribution in [3.05, 3.63) is 0 Å². The van der Waals surface area contributed by atoms with E-state index in [1.165, 1.54) is 8.61 Å². The van der Waals surface area contributed by atoms with Gasteiger partial charge in [-0.1, -0.05) is 6.42 Å². The van der Waals surface area contributed by atoms with Gasteiger partial charge in [0.25, 0.3) is 10.2 Å². The van der Waals surface area contributed by atoms with Crippen LogP contribution in [0.4, 0.5) is 0 Å². The van der Waals surface area contributed by atoms with Crippen molar-refractivity contribution in [3.8, 4) is 0 Å². The smallest absolute Gasteiger partial charge is 0.307 e. The maximum absolute atomic E-state index is 12.2. The third kappa shape index (κ3) is 2.61. The minimum Gasteiger partial charge on any atom is -0.481 e. The molecule has 0 bridgehead atoms. The van der Waals surface area contributed by atoms with Crippen molar-refractivity contribution in [2.45, 2.75) is 25.7 Å². The summed E-state index contributed by atoms with van der Waals surface area (Å²) < 4.78 is 27.2. The topological polar surface area (TPSA) is 77.9 Å². The maximum Gasteiger partial charge on any atom is 0.307 e. The molecule has 0 aromatic carbocycles. The highest BCUT2D eigenvalue weighted by Crippen LogP contribution is 2.23. The van der Waals surface area contributed by atoms with Crippen LogP contribution < -0.4 is 0 Å². The van der Waals surface area contributed by atoms with Gasteiger partial charge in [-0.25, -0.2) is 0 Å². The van der Waals surface area contributed by atoms with Gasteiger partial charge in [-0.15, -0.1) is 0 Å². The fourth-order valence-corrected chi connectivity index (χ4v) is 4.15. The molecule has 1 atom stereocenters. The number of hydrogen-bond donors (Lipinski definition) is 1. The van der Waals surface area contributed by atoms with Crippen LogP contribution in [0.5, 0.6) is 0 Å². The van der Waals surface area contributed by atoms with Gasteiger partial charge in [-0.3, -0.25) is 4.79 Å². The summed E-state index contributed by atoms with van der Waals surface area (Å²) in [5.74, 6) is -1.45. The summed E-state index contributed by atoms with van der Waals surface area (Å²) in [4.78, 5) is 10.8. The Labute approximate surface area is 101 Å². The van der Waals surface area contributed by atoms with Crippen molar-refractivity contribution in [3.63, 3.8) is 0 Å². The molecule has 98 valence electrons. The molecule has 0 radical (unpaired) electrons. The van der Waals surface area contributed by atoms with E-state index in [1.807, 2.05) is 0 Å². The van der Waals surface area contributed by atoms with Crippen molar-refractivity contribution in [1.29, 1.82) is 0 Å². The highest BCUT2D eigenvalue weighted by Gasteiger charge is 2.38. The molecule has 7 heteroatoms. The first-order valence-corrected chi connectivity index (χ1v) is 7.39. The van der Waals surface area contributed by atoms with Gasteiger partial charge in [0.2, 0.25) is 0 Å². The highest BCUT2D eigenvalue weighted by molar-refractivity contribution is 7.86. The molecular formula is C10H18N2O4S. The first-order valence-electron chi connectivity index (χ1n) is 6.00. The molecule has 2 heterocycles. The van der Waals surface area contributed by atoms with Gasteiger partial charge < -0.3 is 5.11 Å². The van der Waals surface area contributed by atoms with Crippen LogP contribution in [0.25, 0.3) is 0 Å². The molecule has 0 spiro atoms. The Morgan fingerprint density at radius 3 is 2.24 bits per heavy atom. The second-order valence-corrected chi connectivity index (χ2v) is 6.58. The van der Waals surface area contributed by atoms with Crippen LogP contribution >= 0.6 is 0 Å². The molecule has 0 aromatic rings. The van der Waals surface area contributed by atoms with Gasteiger partial charge >= 0.3 is 5.97 Å². The predicted molar refractivity (Wildman–Crippen MR) is 61.7 cm³/mol. The van der Waals surface area contributed by atoms with Crippen LogP contribution in [0, 0.1) is 5.92 Å². The summed E-state index contributed by atoms with van der Waals surface area (Å²) in [6.07, 6.45) is 3.29. The number of nitrogens with zero attached hydrogens (tertiary/aromatic N) is 2. The van der Waals surface area contributed by atoms with Gasteiger partial charge in [0, 0.05) is 26.2 Å². The number of piperidine rings is 1. The fraction of sp³-hybridized carbons (Fsp3) is 0.900. The van der Waals surface area contributed by atoms with Gasteiger partial charge in [0.1, 0.15) is 0 Å². The molecule has 2 saturated heterocycles.